The first-order chi connectivity index (χ1) is 11.4. The minimum Gasteiger partial charge on any atom is -0.369 e. The van der Waals surface area contributed by atoms with Crippen molar-refractivity contribution in [3.63, 3.8) is 0 Å². The Morgan fingerprint density at radius 3 is 2.54 bits per heavy atom. The van der Waals surface area contributed by atoms with Crippen molar-refractivity contribution in [2.24, 2.45) is 5.92 Å². The van der Waals surface area contributed by atoms with Crippen LogP contribution in [-0.2, 0) is 11.0 Å². The third-order valence-corrected chi connectivity index (χ3v) is 4.87. The van der Waals surface area contributed by atoms with Gasteiger partial charge >= 0.3 is 6.18 Å². The van der Waals surface area contributed by atoms with E-state index >= 15 is 0 Å². The predicted octanol–water partition coefficient (Wildman–Crippen LogP) is 2.35. The van der Waals surface area contributed by atoms with Gasteiger partial charge in [0.25, 0.3) is 0 Å². The summed E-state index contributed by atoms with van der Waals surface area (Å²) >= 11 is 0. The van der Waals surface area contributed by atoms with Gasteiger partial charge in [-0.25, -0.2) is 0 Å². The molecule has 0 aromatic heterocycles. The molecule has 0 spiro atoms. The lowest BCUT2D eigenvalue weighted by molar-refractivity contribution is -0.137. The van der Waals surface area contributed by atoms with E-state index in [4.69, 9.17) is 0 Å². The zero-order chi connectivity index (χ0) is 17.2. The van der Waals surface area contributed by atoms with Gasteiger partial charge in [-0.2, -0.15) is 13.2 Å². The number of carbonyl (C=O) groups is 1. The summed E-state index contributed by atoms with van der Waals surface area (Å²) < 4.78 is 38.5. The van der Waals surface area contributed by atoms with Gasteiger partial charge in [-0.05, 0) is 37.6 Å². The SMILES string of the molecule is O=C1NCCC1CCN1CCN(c2cccc(C(F)(F)F)c2)CC1. The number of alkyl halides is 3. The number of hydrogen-bond donors (Lipinski definition) is 1. The molecule has 1 atom stereocenters. The van der Waals surface area contributed by atoms with E-state index in [1.54, 1.807) is 6.07 Å². The summed E-state index contributed by atoms with van der Waals surface area (Å²) in [6.07, 6.45) is -2.54. The summed E-state index contributed by atoms with van der Waals surface area (Å²) in [4.78, 5) is 15.8. The van der Waals surface area contributed by atoms with E-state index < -0.39 is 11.7 Å². The molecule has 1 N–H and O–H groups in total. The van der Waals surface area contributed by atoms with Crippen molar-refractivity contribution in [1.29, 1.82) is 0 Å². The van der Waals surface area contributed by atoms with Crippen LogP contribution >= 0.6 is 0 Å². The highest BCUT2D eigenvalue weighted by Crippen LogP contribution is 2.31. The second-order valence-corrected chi connectivity index (χ2v) is 6.44. The van der Waals surface area contributed by atoms with Crippen LogP contribution in [0.4, 0.5) is 18.9 Å². The molecule has 24 heavy (non-hydrogen) atoms. The Bertz CT molecular complexity index is 583. The van der Waals surface area contributed by atoms with Crippen molar-refractivity contribution in [3.8, 4) is 0 Å². The molecule has 3 rings (SSSR count). The molecule has 2 aliphatic rings. The number of nitrogens with zero attached hydrogens (tertiary/aromatic N) is 2. The number of benzene rings is 1. The molecule has 1 aromatic rings. The van der Waals surface area contributed by atoms with Crippen molar-refractivity contribution in [1.82, 2.24) is 10.2 Å². The van der Waals surface area contributed by atoms with E-state index in [0.29, 0.717) is 18.8 Å². The molecule has 132 valence electrons. The van der Waals surface area contributed by atoms with Gasteiger partial charge in [0.15, 0.2) is 0 Å². The topological polar surface area (TPSA) is 35.6 Å². The highest BCUT2D eigenvalue weighted by atomic mass is 19.4. The zero-order valence-electron chi connectivity index (χ0n) is 13.5. The Kier molecular flexibility index (Phi) is 4.99. The molecule has 2 saturated heterocycles. The van der Waals surface area contributed by atoms with E-state index in [0.717, 1.165) is 45.1 Å². The molecule has 0 radical (unpaired) electrons. The predicted molar refractivity (Wildman–Crippen MR) is 85.8 cm³/mol. The average Bonchev–Trinajstić information content (AvgIpc) is 2.98. The smallest absolute Gasteiger partial charge is 0.369 e. The molecule has 1 amide bonds. The third-order valence-electron chi connectivity index (χ3n) is 4.87. The van der Waals surface area contributed by atoms with Crippen molar-refractivity contribution < 1.29 is 18.0 Å². The number of anilines is 1. The maximum Gasteiger partial charge on any atom is 0.416 e. The summed E-state index contributed by atoms with van der Waals surface area (Å²) in [6.45, 7) is 4.67. The number of carbonyl (C=O) groups excluding carboxylic acids is 1. The van der Waals surface area contributed by atoms with Crippen LogP contribution in [0.15, 0.2) is 24.3 Å². The van der Waals surface area contributed by atoms with Crippen molar-refractivity contribution in [2.75, 3.05) is 44.2 Å². The van der Waals surface area contributed by atoms with Gasteiger partial charge in [-0.1, -0.05) is 6.07 Å². The maximum atomic E-state index is 12.8. The van der Waals surface area contributed by atoms with E-state index in [2.05, 4.69) is 10.2 Å². The quantitative estimate of drug-likeness (QED) is 0.913. The third kappa shape index (κ3) is 4.01. The molecule has 7 heteroatoms. The highest BCUT2D eigenvalue weighted by Gasteiger charge is 2.31. The lowest BCUT2D eigenvalue weighted by Crippen LogP contribution is -2.47. The minimum absolute atomic E-state index is 0.117. The lowest BCUT2D eigenvalue weighted by Gasteiger charge is -2.36. The largest absolute Gasteiger partial charge is 0.416 e. The summed E-state index contributed by atoms with van der Waals surface area (Å²) in [7, 11) is 0. The van der Waals surface area contributed by atoms with Gasteiger partial charge in [0, 0.05) is 44.3 Å². The molecule has 2 heterocycles. The molecule has 0 aliphatic carbocycles. The van der Waals surface area contributed by atoms with Gasteiger partial charge in [0.05, 0.1) is 5.56 Å². The van der Waals surface area contributed by atoms with Crippen molar-refractivity contribution in [2.45, 2.75) is 19.0 Å². The summed E-state index contributed by atoms with van der Waals surface area (Å²) in [5, 5.41) is 2.85. The lowest BCUT2D eigenvalue weighted by atomic mass is 10.0. The molecular weight excluding hydrogens is 319 g/mol. The molecule has 2 fully saturated rings. The minimum atomic E-state index is -4.31. The molecule has 1 aromatic carbocycles. The first-order valence-corrected chi connectivity index (χ1v) is 8.36. The van der Waals surface area contributed by atoms with Crippen LogP contribution in [0.25, 0.3) is 0 Å². The number of nitrogens with one attached hydrogen (secondary N) is 1. The van der Waals surface area contributed by atoms with Crippen LogP contribution in [0.5, 0.6) is 0 Å². The summed E-state index contributed by atoms with van der Waals surface area (Å²) in [5.74, 6) is 0.268. The Labute approximate surface area is 139 Å². The molecule has 0 bridgehead atoms. The first-order valence-electron chi connectivity index (χ1n) is 8.36. The van der Waals surface area contributed by atoms with Crippen LogP contribution in [-0.4, -0.2) is 50.1 Å². The molecule has 2 aliphatic heterocycles. The van der Waals surface area contributed by atoms with Crippen molar-refractivity contribution >= 4 is 11.6 Å². The standard InChI is InChI=1S/C17H22F3N3O/c18-17(19,20)14-2-1-3-15(12-14)23-10-8-22(9-11-23)7-5-13-4-6-21-16(13)24/h1-3,12-13H,4-11H2,(H,21,24). The number of halogens is 3. The number of piperazine rings is 1. The number of amides is 1. The van der Waals surface area contributed by atoms with Crippen LogP contribution in [0.3, 0.4) is 0 Å². The molecule has 0 saturated carbocycles. The van der Waals surface area contributed by atoms with Crippen LogP contribution < -0.4 is 10.2 Å². The Hall–Kier alpha value is -1.76. The second kappa shape index (κ2) is 7.01. The zero-order valence-corrected chi connectivity index (χ0v) is 13.5. The summed E-state index contributed by atoms with van der Waals surface area (Å²) in [5.41, 5.74) is 0.0225. The van der Waals surface area contributed by atoms with Crippen LogP contribution in [0, 0.1) is 5.92 Å². The fourth-order valence-corrected chi connectivity index (χ4v) is 3.37. The molecule has 1 unspecified atom stereocenters. The van der Waals surface area contributed by atoms with E-state index in [-0.39, 0.29) is 11.8 Å². The van der Waals surface area contributed by atoms with Gasteiger partial charge < -0.3 is 10.2 Å². The van der Waals surface area contributed by atoms with Crippen LogP contribution in [0.2, 0.25) is 0 Å². The fraction of sp³-hybridized carbons (Fsp3) is 0.588. The molecule has 4 nitrogen and oxygen atoms in total. The second-order valence-electron chi connectivity index (χ2n) is 6.44. The number of rotatable bonds is 4. The van der Waals surface area contributed by atoms with Gasteiger partial charge in [-0.3, -0.25) is 9.69 Å². The molecular formula is C17H22F3N3O. The first kappa shape index (κ1) is 17.1. The monoisotopic (exact) mass is 341 g/mol. The highest BCUT2D eigenvalue weighted by molar-refractivity contribution is 5.80. The fourth-order valence-electron chi connectivity index (χ4n) is 3.37. The van der Waals surface area contributed by atoms with E-state index in [1.807, 2.05) is 4.90 Å². The van der Waals surface area contributed by atoms with Gasteiger partial charge in [0.1, 0.15) is 0 Å². The maximum absolute atomic E-state index is 12.8. The van der Waals surface area contributed by atoms with Crippen LogP contribution in [0.1, 0.15) is 18.4 Å². The average molecular weight is 341 g/mol. The summed E-state index contributed by atoms with van der Waals surface area (Å²) in [6, 6.07) is 5.52. The normalized spacial score (nSPS) is 22.7. The van der Waals surface area contributed by atoms with Gasteiger partial charge in [0.2, 0.25) is 5.91 Å². The number of hydrogen-bond acceptors (Lipinski definition) is 3. The van der Waals surface area contributed by atoms with E-state index in [1.165, 1.54) is 12.1 Å². The van der Waals surface area contributed by atoms with Gasteiger partial charge in [-0.15, -0.1) is 0 Å². The Morgan fingerprint density at radius 1 is 1.17 bits per heavy atom. The van der Waals surface area contributed by atoms with Crippen molar-refractivity contribution in [3.05, 3.63) is 29.8 Å². The Morgan fingerprint density at radius 2 is 1.92 bits per heavy atom. The van der Waals surface area contributed by atoms with E-state index in [9.17, 15) is 18.0 Å². The Balaban J connectivity index is 1.51.